The summed E-state index contributed by atoms with van der Waals surface area (Å²) >= 11 is 1.30. The van der Waals surface area contributed by atoms with Crippen LogP contribution in [0.1, 0.15) is 48.0 Å². The first-order valence-electron chi connectivity index (χ1n) is 10.9. The molecule has 1 saturated carbocycles. The molecule has 1 N–H and O–H groups in total. The summed E-state index contributed by atoms with van der Waals surface area (Å²) in [6.45, 7) is -0.443. The normalized spacial score (nSPS) is 13.6. The Bertz CT molecular complexity index is 1030. The fraction of sp³-hybridized carbons (Fsp3) is 0.360. The second-order valence-corrected chi connectivity index (χ2v) is 8.91. The highest BCUT2D eigenvalue weighted by atomic mass is 32.2. The van der Waals surface area contributed by atoms with E-state index >= 15 is 0 Å². The first-order valence-corrected chi connectivity index (χ1v) is 11.9. The molecule has 8 heteroatoms. The van der Waals surface area contributed by atoms with Crippen molar-refractivity contribution >= 4 is 35.2 Å². The van der Waals surface area contributed by atoms with Crippen LogP contribution in [-0.4, -0.2) is 48.1 Å². The lowest BCUT2D eigenvalue weighted by Crippen LogP contribution is -2.39. The van der Waals surface area contributed by atoms with Gasteiger partial charge in [-0.15, -0.1) is 11.8 Å². The lowest BCUT2D eigenvalue weighted by molar-refractivity contribution is -0.129. The number of benzene rings is 2. The SMILES string of the molecule is CN(C(=O)CSc1ccccc1C(=O)OCC(=O)Nc1ccc(C#N)cc1)C1CCCCC1. The average Bonchev–Trinajstić information content (AvgIpc) is 2.86. The molecule has 0 atom stereocenters. The molecule has 172 valence electrons. The zero-order valence-electron chi connectivity index (χ0n) is 18.6. The number of esters is 1. The van der Waals surface area contributed by atoms with Crippen molar-refractivity contribution in [1.82, 2.24) is 4.90 Å². The Kier molecular flexibility index (Phi) is 8.90. The summed E-state index contributed by atoms with van der Waals surface area (Å²) in [5, 5.41) is 11.4. The van der Waals surface area contributed by atoms with E-state index in [1.165, 1.54) is 18.2 Å². The van der Waals surface area contributed by atoms with Crippen LogP contribution in [0.2, 0.25) is 0 Å². The standard InChI is InChI=1S/C25H27N3O4S/c1-28(20-7-3-2-4-8-20)24(30)17-33-22-10-6-5-9-21(22)25(31)32-16-23(29)27-19-13-11-18(15-26)12-14-19/h5-6,9-14,20H,2-4,7-8,16-17H2,1H3,(H,27,29). The molecule has 1 fully saturated rings. The molecule has 1 aliphatic rings. The third kappa shape index (κ3) is 7.09. The molecule has 2 aromatic rings. The van der Waals surface area contributed by atoms with Crippen LogP contribution in [0.15, 0.2) is 53.4 Å². The van der Waals surface area contributed by atoms with Crippen LogP contribution in [0.3, 0.4) is 0 Å². The van der Waals surface area contributed by atoms with E-state index in [9.17, 15) is 14.4 Å². The smallest absolute Gasteiger partial charge is 0.339 e. The van der Waals surface area contributed by atoms with E-state index in [1.54, 1.807) is 48.5 Å². The van der Waals surface area contributed by atoms with Gasteiger partial charge in [-0.05, 0) is 49.2 Å². The molecule has 0 saturated heterocycles. The van der Waals surface area contributed by atoms with Gasteiger partial charge in [0.05, 0.1) is 22.9 Å². The predicted octanol–water partition coefficient (Wildman–Crippen LogP) is 4.24. The molecule has 1 aliphatic carbocycles. The molecule has 0 aliphatic heterocycles. The van der Waals surface area contributed by atoms with Crippen LogP contribution in [0, 0.1) is 11.3 Å². The maximum absolute atomic E-state index is 12.6. The Morgan fingerprint density at radius 1 is 1.09 bits per heavy atom. The molecule has 7 nitrogen and oxygen atoms in total. The third-order valence-corrected chi connectivity index (χ3v) is 6.66. The highest BCUT2D eigenvalue weighted by Crippen LogP contribution is 2.26. The van der Waals surface area contributed by atoms with Crippen LogP contribution >= 0.6 is 11.8 Å². The number of thioether (sulfide) groups is 1. The van der Waals surface area contributed by atoms with Crippen LogP contribution in [0.25, 0.3) is 0 Å². The zero-order valence-corrected chi connectivity index (χ0v) is 19.4. The van der Waals surface area contributed by atoms with Gasteiger partial charge in [0, 0.05) is 23.7 Å². The first-order chi connectivity index (χ1) is 16.0. The van der Waals surface area contributed by atoms with Gasteiger partial charge >= 0.3 is 5.97 Å². The number of rotatable bonds is 8. The summed E-state index contributed by atoms with van der Waals surface area (Å²) in [7, 11) is 1.85. The summed E-state index contributed by atoms with van der Waals surface area (Å²) < 4.78 is 5.19. The van der Waals surface area contributed by atoms with Crippen molar-refractivity contribution in [1.29, 1.82) is 5.26 Å². The number of nitrogens with one attached hydrogen (secondary N) is 1. The molecular formula is C25H27N3O4S. The molecule has 0 bridgehead atoms. The fourth-order valence-corrected chi connectivity index (χ4v) is 4.67. The lowest BCUT2D eigenvalue weighted by Gasteiger charge is -2.31. The van der Waals surface area contributed by atoms with Crippen molar-refractivity contribution in [2.45, 2.75) is 43.0 Å². The van der Waals surface area contributed by atoms with Gasteiger partial charge in [0.25, 0.3) is 5.91 Å². The first kappa shape index (κ1) is 24.3. The minimum atomic E-state index is -0.624. The van der Waals surface area contributed by atoms with Crippen molar-refractivity contribution in [2.75, 3.05) is 24.7 Å². The summed E-state index contributed by atoms with van der Waals surface area (Å²) in [5.41, 5.74) is 1.31. The number of anilines is 1. The number of hydrogen-bond acceptors (Lipinski definition) is 6. The summed E-state index contributed by atoms with van der Waals surface area (Å²) in [4.78, 5) is 39.8. The molecule has 0 heterocycles. The lowest BCUT2D eigenvalue weighted by atomic mass is 9.94. The van der Waals surface area contributed by atoms with Crippen LogP contribution in [-0.2, 0) is 14.3 Å². The molecule has 33 heavy (non-hydrogen) atoms. The largest absolute Gasteiger partial charge is 0.452 e. The minimum absolute atomic E-state index is 0.0388. The van der Waals surface area contributed by atoms with Crippen molar-refractivity contribution in [3.63, 3.8) is 0 Å². The van der Waals surface area contributed by atoms with Crippen molar-refractivity contribution in [2.24, 2.45) is 0 Å². The van der Waals surface area contributed by atoms with Gasteiger partial charge in [0.2, 0.25) is 5.91 Å². The second kappa shape index (κ2) is 12.1. The Hall–Kier alpha value is -3.31. The molecular weight excluding hydrogens is 438 g/mol. The molecule has 0 radical (unpaired) electrons. The Morgan fingerprint density at radius 3 is 2.48 bits per heavy atom. The van der Waals surface area contributed by atoms with Crippen molar-refractivity contribution in [3.05, 3.63) is 59.7 Å². The summed E-state index contributed by atoms with van der Waals surface area (Å²) in [6, 6.07) is 15.6. The van der Waals surface area contributed by atoms with Gasteiger partial charge in [-0.2, -0.15) is 5.26 Å². The molecule has 0 unspecified atom stereocenters. The van der Waals surface area contributed by atoms with E-state index < -0.39 is 18.5 Å². The topological polar surface area (TPSA) is 99.5 Å². The number of ether oxygens (including phenoxy) is 1. The van der Waals surface area contributed by atoms with Crippen LogP contribution in [0.4, 0.5) is 5.69 Å². The monoisotopic (exact) mass is 465 g/mol. The highest BCUT2D eigenvalue weighted by molar-refractivity contribution is 8.00. The minimum Gasteiger partial charge on any atom is -0.452 e. The van der Waals surface area contributed by atoms with E-state index in [0.29, 0.717) is 27.8 Å². The van der Waals surface area contributed by atoms with Gasteiger partial charge in [0.15, 0.2) is 6.61 Å². The molecule has 2 amide bonds. The highest BCUT2D eigenvalue weighted by Gasteiger charge is 2.23. The average molecular weight is 466 g/mol. The van der Waals surface area contributed by atoms with Crippen LogP contribution in [0.5, 0.6) is 0 Å². The summed E-state index contributed by atoms with van der Waals surface area (Å²) in [5.74, 6) is -0.836. The van der Waals surface area contributed by atoms with Crippen LogP contribution < -0.4 is 5.32 Å². The quantitative estimate of drug-likeness (QED) is 0.462. The van der Waals surface area contributed by atoms with Crippen molar-refractivity contribution in [3.8, 4) is 6.07 Å². The van der Waals surface area contributed by atoms with Gasteiger partial charge in [0.1, 0.15) is 0 Å². The van der Waals surface area contributed by atoms with E-state index in [0.717, 1.165) is 25.7 Å². The molecule has 0 aromatic heterocycles. The fourth-order valence-electron chi connectivity index (χ4n) is 3.71. The maximum atomic E-state index is 12.6. The molecule has 0 spiro atoms. The Balaban J connectivity index is 1.52. The second-order valence-electron chi connectivity index (χ2n) is 7.89. The van der Waals surface area contributed by atoms with Gasteiger partial charge in [-0.3, -0.25) is 9.59 Å². The molecule has 2 aromatic carbocycles. The van der Waals surface area contributed by atoms with E-state index in [4.69, 9.17) is 10.00 Å². The predicted molar refractivity (Wildman–Crippen MR) is 127 cm³/mol. The van der Waals surface area contributed by atoms with Gasteiger partial charge in [-0.1, -0.05) is 31.4 Å². The number of hydrogen-bond donors (Lipinski definition) is 1. The number of carbonyl (C=O) groups is 3. The Labute approximate surface area is 198 Å². The Morgan fingerprint density at radius 2 is 1.79 bits per heavy atom. The number of nitriles is 1. The van der Waals surface area contributed by atoms with E-state index in [-0.39, 0.29) is 11.7 Å². The van der Waals surface area contributed by atoms with Crippen molar-refractivity contribution < 1.29 is 19.1 Å². The number of carbonyl (C=O) groups excluding carboxylic acids is 3. The van der Waals surface area contributed by atoms with Gasteiger partial charge in [-0.25, -0.2) is 4.79 Å². The number of nitrogens with zero attached hydrogens (tertiary/aromatic N) is 2. The number of amides is 2. The van der Waals surface area contributed by atoms with E-state index in [1.807, 2.05) is 18.0 Å². The third-order valence-electron chi connectivity index (χ3n) is 5.61. The molecule has 3 rings (SSSR count). The summed E-state index contributed by atoms with van der Waals surface area (Å²) in [6.07, 6.45) is 5.63. The maximum Gasteiger partial charge on any atom is 0.339 e. The van der Waals surface area contributed by atoms with Gasteiger partial charge < -0.3 is 15.0 Å². The van der Waals surface area contributed by atoms with E-state index in [2.05, 4.69) is 5.32 Å². The zero-order chi connectivity index (χ0) is 23.6.